The maximum Gasteiger partial charge on any atom is 1.00 e. The summed E-state index contributed by atoms with van der Waals surface area (Å²) in [6, 6.07) is 0. The number of hydrogen-bond donors (Lipinski definition) is 0. The zero-order valence-electron chi connectivity index (χ0n) is 20.8. The molecule has 0 saturated heterocycles. The van der Waals surface area contributed by atoms with Crippen LogP contribution in [0.2, 0.25) is 0 Å². The molecule has 0 aromatic heterocycles. The predicted molar refractivity (Wildman–Crippen MR) is 126 cm³/mol. The molecule has 0 aliphatic rings. The van der Waals surface area contributed by atoms with Gasteiger partial charge in [-0.3, -0.25) is 4.79 Å². The molecule has 0 unspecified atom stereocenters. The zero-order valence-corrected chi connectivity index (χ0v) is 24.8. The average molecular weight is 486 g/mol. The third-order valence-electron chi connectivity index (χ3n) is 5.81. The summed E-state index contributed by atoms with van der Waals surface area (Å²) in [5.74, 6) is -0.223. The SMILES string of the molecule is CCCCCCCCCCCCCCCCCCC(=O)N(C)CCCCS(=O)(=O)[O-].[K+]. The fourth-order valence-corrected chi connectivity index (χ4v) is 4.33. The summed E-state index contributed by atoms with van der Waals surface area (Å²) in [6.45, 7) is 2.79. The summed E-state index contributed by atoms with van der Waals surface area (Å²) in [6.07, 6.45) is 22.6. The number of amides is 1. The number of hydrogen-bond acceptors (Lipinski definition) is 4. The van der Waals surface area contributed by atoms with E-state index in [1.807, 2.05) is 0 Å². The van der Waals surface area contributed by atoms with E-state index in [0.29, 0.717) is 25.8 Å². The Kier molecular flexibility index (Phi) is 26.6. The predicted octanol–water partition coefficient (Wildman–Crippen LogP) is 3.43. The van der Waals surface area contributed by atoms with E-state index in [4.69, 9.17) is 0 Å². The molecule has 0 saturated carbocycles. The van der Waals surface area contributed by atoms with Gasteiger partial charge < -0.3 is 9.45 Å². The first kappa shape index (κ1) is 34.2. The second kappa shape index (κ2) is 24.2. The second-order valence-corrected chi connectivity index (χ2v) is 10.4. The Bertz CT molecular complexity index is 500. The Labute approximate surface area is 236 Å². The molecule has 180 valence electrons. The normalized spacial score (nSPS) is 11.3. The van der Waals surface area contributed by atoms with Gasteiger partial charge in [-0.25, -0.2) is 8.42 Å². The Balaban J connectivity index is 0. The molecule has 0 aliphatic carbocycles. The Morgan fingerprint density at radius 2 is 1.06 bits per heavy atom. The molecule has 31 heavy (non-hydrogen) atoms. The van der Waals surface area contributed by atoms with Crippen LogP contribution in [0.15, 0.2) is 0 Å². The van der Waals surface area contributed by atoms with Crippen molar-refractivity contribution in [3.05, 3.63) is 0 Å². The molecule has 0 fully saturated rings. The molecule has 0 aromatic carbocycles. The largest absolute Gasteiger partial charge is 1.00 e. The minimum Gasteiger partial charge on any atom is -0.748 e. The van der Waals surface area contributed by atoms with Crippen LogP contribution in [0.3, 0.4) is 0 Å². The monoisotopic (exact) mass is 485 g/mol. The molecule has 0 spiro atoms. The molecule has 5 nitrogen and oxygen atoms in total. The second-order valence-electron chi connectivity index (χ2n) is 8.84. The molecule has 7 heteroatoms. The van der Waals surface area contributed by atoms with E-state index >= 15 is 0 Å². The van der Waals surface area contributed by atoms with Gasteiger partial charge in [0.25, 0.3) is 0 Å². The van der Waals surface area contributed by atoms with Gasteiger partial charge >= 0.3 is 51.4 Å². The van der Waals surface area contributed by atoms with Crippen LogP contribution in [0.4, 0.5) is 0 Å². The van der Waals surface area contributed by atoms with Crippen LogP contribution < -0.4 is 51.4 Å². The van der Waals surface area contributed by atoms with Crippen molar-refractivity contribution in [3.8, 4) is 0 Å². The number of carbonyl (C=O) groups excluding carboxylic acids is 1. The van der Waals surface area contributed by atoms with Crippen molar-refractivity contribution in [2.45, 2.75) is 129 Å². The van der Waals surface area contributed by atoms with Gasteiger partial charge in [-0.2, -0.15) is 0 Å². The van der Waals surface area contributed by atoms with Crippen LogP contribution in [-0.4, -0.2) is 43.1 Å². The molecule has 0 rings (SSSR count). The van der Waals surface area contributed by atoms with Crippen molar-refractivity contribution >= 4 is 16.0 Å². The first-order valence-electron chi connectivity index (χ1n) is 12.5. The fraction of sp³-hybridized carbons (Fsp3) is 0.958. The van der Waals surface area contributed by atoms with Gasteiger partial charge in [0.2, 0.25) is 5.91 Å². The molecule has 0 atom stereocenters. The van der Waals surface area contributed by atoms with Gasteiger partial charge in [0, 0.05) is 25.8 Å². The van der Waals surface area contributed by atoms with Crippen molar-refractivity contribution in [1.29, 1.82) is 0 Å². The molecular weight excluding hydrogens is 437 g/mol. The fourth-order valence-electron chi connectivity index (χ4n) is 3.77. The van der Waals surface area contributed by atoms with E-state index in [1.165, 1.54) is 89.9 Å². The summed E-state index contributed by atoms with van der Waals surface area (Å²) >= 11 is 0. The Hall–Kier alpha value is 1.02. The molecular formula is C24H48KNO4S. The molecule has 0 aromatic rings. The topological polar surface area (TPSA) is 77.5 Å². The quantitative estimate of drug-likeness (QED) is 0.134. The smallest absolute Gasteiger partial charge is 0.748 e. The third kappa shape index (κ3) is 27.1. The van der Waals surface area contributed by atoms with E-state index < -0.39 is 10.1 Å². The molecule has 0 aliphatic heterocycles. The van der Waals surface area contributed by atoms with Crippen LogP contribution in [0.25, 0.3) is 0 Å². The minimum absolute atomic E-state index is 0. The first-order chi connectivity index (χ1) is 14.4. The zero-order chi connectivity index (χ0) is 22.5. The van der Waals surface area contributed by atoms with Crippen LogP contribution in [0.1, 0.15) is 129 Å². The number of nitrogens with zero attached hydrogens (tertiary/aromatic N) is 1. The summed E-state index contributed by atoms with van der Waals surface area (Å²) in [5.41, 5.74) is 0. The number of rotatable bonds is 22. The summed E-state index contributed by atoms with van der Waals surface area (Å²) < 4.78 is 31.7. The van der Waals surface area contributed by atoms with Gasteiger partial charge in [-0.05, 0) is 19.3 Å². The molecule has 0 N–H and O–H groups in total. The average Bonchev–Trinajstić information content (AvgIpc) is 2.69. The van der Waals surface area contributed by atoms with Crippen molar-refractivity contribution in [3.63, 3.8) is 0 Å². The molecule has 0 heterocycles. The molecule has 0 bridgehead atoms. The van der Waals surface area contributed by atoms with Gasteiger partial charge in [0.15, 0.2) is 0 Å². The van der Waals surface area contributed by atoms with Gasteiger partial charge in [0.05, 0.1) is 10.1 Å². The van der Waals surface area contributed by atoms with Crippen LogP contribution in [0, 0.1) is 0 Å². The standard InChI is InChI=1S/C24H49NO4S.K/c1-3-4-5-6-7-8-9-10-11-12-13-14-15-16-17-18-21-24(26)25(2)22-19-20-23-30(27,28)29;/h3-23H2,1-2H3,(H,27,28,29);/q;+1/p-1. The first-order valence-corrected chi connectivity index (χ1v) is 14.1. The maximum atomic E-state index is 12.0. The van der Waals surface area contributed by atoms with Crippen molar-refractivity contribution in [2.24, 2.45) is 0 Å². The van der Waals surface area contributed by atoms with E-state index in [0.717, 1.165) is 12.8 Å². The maximum absolute atomic E-state index is 12.0. The van der Waals surface area contributed by atoms with E-state index in [1.54, 1.807) is 11.9 Å². The molecule has 0 radical (unpaired) electrons. The van der Waals surface area contributed by atoms with Crippen molar-refractivity contribution in [1.82, 2.24) is 4.90 Å². The third-order valence-corrected chi connectivity index (χ3v) is 6.60. The Morgan fingerprint density at radius 1 is 0.677 bits per heavy atom. The van der Waals surface area contributed by atoms with E-state index in [9.17, 15) is 17.8 Å². The Morgan fingerprint density at radius 3 is 1.45 bits per heavy atom. The van der Waals surface area contributed by atoms with Gasteiger partial charge in [-0.15, -0.1) is 0 Å². The van der Waals surface area contributed by atoms with Crippen LogP contribution >= 0.6 is 0 Å². The van der Waals surface area contributed by atoms with E-state index in [-0.39, 0.29) is 63.0 Å². The number of unbranched alkanes of at least 4 members (excludes halogenated alkanes) is 16. The minimum atomic E-state index is -4.13. The van der Waals surface area contributed by atoms with E-state index in [2.05, 4.69) is 6.92 Å². The van der Waals surface area contributed by atoms with Crippen LogP contribution in [-0.2, 0) is 14.9 Å². The summed E-state index contributed by atoms with van der Waals surface area (Å²) in [7, 11) is -2.38. The van der Waals surface area contributed by atoms with Gasteiger partial charge in [-0.1, -0.05) is 103 Å². The van der Waals surface area contributed by atoms with Crippen LogP contribution in [0.5, 0.6) is 0 Å². The summed E-state index contributed by atoms with van der Waals surface area (Å²) in [4.78, 5) is 13.7. The molecule has 1 amide bonds. The number of carbonyl (C=O) groups is 1. The van der Waals surface area contributed by atoms with Crippen molar-refractivity contribution < 1.29 is 69.1 Å². The van der Waals surface area contributed by atoms with Crippen molar-refractivity contribution in [2.75, 3.05) is 19.3 Å². The summed E-state index contributed by atoms with van der Waals surface area (Å²) in [5, 5.41) is 0. The van der Waals surface area contributed by atoms with Gasteiger partial charge in [0.1, 0.15) is 0 Å².